The number of ether oxygens (including phenoxy) is 1. The molecule has 5 nitrogen and oxygen atoms in total. The van der Waals surface area contributed by atoms with Crippen LogP contribution in [0.2, 0.25) is 0 Å². The lowest BCUT2D eigenvalue weighted by molar-refractivity contribution is -0.118. The molecule has 2 aromatic carbocycles. The molecule has 0 aliphatic heterocycles. The van der Waals surface area contributed by atoms with Crippen LogP contribution in [-0.2, 0) is 17.1 Å². The van der Waals surface area contributed by atoms with Gasteiger partial charge in [-0.1, -0.05) is 35.9 Å². The van der Waals surface area contributed by atoms with E-state index in [1.54, 1.807) is 7.11 Å². The van der Waals surface area contributed by atoms with Crippen LogP contribution in [0.15, 0.2) is 52.9 Å². The molecule has 0 saturated heterocycles. The molecule has 0 radical (unpaired) electrons. The van der Waals surface area contributed by atoms with Crippen molar-refractivity contribution in [3.05, 3.63) is 71.1 Å². The van der Waals surface area contributed by atoms with Crippen LogP contribution in [0.5, 0.6) is 5.75 Å². The summed E-state index contributed by atoms with van der Waals surface area (Å²) in [6.45, 7) is 4.40. The van der Waals surface area contributed by atoms with Crippen molar-refractivity contribution in [3.8, 4) is 17.2 Å². The second kappa shape index (κ2) is 9.46. The Kier molecular flexibility index (Phi) is 6.76. The molecule has 1 aromatic heterocycles. The molecule has 28 heavy (non-hydrogen) atoms. The van der Waals surface area contributed by atoms with Gasteiger partial charge in [-0.3, -0.25) is 4.79 Å². The third kappa shape index (κ3) is 5.16. The molecule has 0 bridgehead atoms. The Bertz CT molecular complexity index is 952. The van der Waals surface area contributed by atoms with Crippen LogP contribution in [0, 0.1) is 13.8 Å². The topological polar surface area (TPSA) is 64.4 Å². The number of benzene rings is 2. The molecule has 0 saturated carbocycles. The highest BCUT2D eigenvalue weighted by Crippen LogP contribution is 2.25. The molecular formula is C22H24N2O3S. The zero-order valence-corrected chi connectivity index (χ0v) is 17.1. The fourth-order valence-corrected chi connectivity index (χ4v) is 3.65. The maximum atomic E-state index is 12.1. The standard InChI is InChI=1S/C22H24N2O3S/c1-15-7-6-9-17(11-15)22-24-19(16(2)27-22)13-28-14-21(25)23-12-18-8-4-5-10-20(18)26-3/h4-11H,12-14H2,1-3H3,(H,23,25). The number of thioether (sulfide) groups is 1. The first-order chi connectivity index (χ1) is 13.6. The second-order valence-electron chi connectivity index (χ2n) is 6.47. The number of hydrogen-bond donors (Lipinski definition) is 1. The average molecular weight is 397 g/mol. The monoisotopic (exact) mass is 396 g/mol. The number of oxazole rings is 1. The van der Waals surface area contributed by atoms with Crippen LogP contribution in [0.25, 0.3) is 11.5 Å². The number of hydrogen-bond acceptors (Lipinski definition) is 5. The summed E-state index contributed by atoms with van der Waals surface area (Å²) in [5.74, 6) is 3.16. The zero-order valence-electron chi connectivity index (χ0n) is 16.3. The van der Waals surface area contributed by atoms with Crippen LogP contribution in [-0.4, -0.2) is 23.8 Å². The van der Waals surface area contributed by atoms with Crippen LogP contribution < -0.4 is 10.1 Å². The van der Waals surface area contributed by atoms with E-state index in [9.17, 15) is 4.79 Å². The molecule has 6 heteroatoms. The Morgan fingerprint density at radius 3 is 2.79 bits per heavy atom. The van der Waals surface area contributed by atoms with Crippen molar-refractivity contribution in [3.63, 3.8) is 0 Å². The van der Waals surface area contributed by atoms with Crippen molar-refractivity contribution in [1.82, 2.24) is 10.3 Å². The fraction of sp³-hybridized carbons (Fsp3) is 0.273. The first-order valence-corrected chi connectivity index (χ1v) is 10.2. The van der Waals surface area contributed by atoms with Gasteiger partial charge in [0.1, 0.15) is 11.5 Å². The van der Waals surface area contributed by atoms with Gasteiger partial charge < -0.3 is 14.5 Å². The molecule has 1 N–H and O–H groups in total. The lowest BCUT2D eigenvalue weighted by Crippen LogP contribution is -2.24. The average Bonchev–Trinajstić information content (AvgIpc) is 3.07. The molecule has 0 unspecified atom stereocenters. The number of carbonyl (C=O) groups is 1. The van der Waals surface area contributed by atoms with Gasteiger partial charge in [-0.25, -0.2) is 4.98 Å². The number of nitrogens with zero attached hydrogens (tertiary/aromatic N) is 1. The van der Waals surface area contributed by atoms with Crippen LogP contribution in [0.4, 0.5) is 0 Å². The minimum Gasteiger partial charge on any atom is -0.496 e. The molecule has 0 atom stereocenters. The summed E-state index contributed by atoms with van der Waals surface area (Å²) in [6, 6.07) is 15.7. The minimum atomic E-state index is -0.0176. The summed E-state index contributed by atoms with van der Waals surface area (Å²) in [5, 5.41) is 2.93. The summed E-state index contributed by atoms with van der Waals surface area (Å²) in [7, 11) is 1.63. The number of methoxy groups -OCH3 is 1. The number of rotatable bonds is 8. The number of aromatic nitrogens is 1. The first kappa shape index (κ1) is 20.0. The quantitative estimate of drug-likeness (QED) is 0.607. The van der Waals surface area contributed by atoms with Gasteiger partial charge in [-0.2, -0.15) is 0 Å². The van der Waals surface area contributed by atoms with E-state index in [-0.39, 0.29) is 5.91 Å². The Morgan fingerprint density at radius 1 is 1.18 bits per heavy atom. The number of aryl methyl sites for hydroxylation is 2. The van der Waals surface area contributed by atoms with E-state index in [1.807, 2.05) is 62.4 Å². The molecule has 0 aliphatic carbocycles. The molecule has 3 aromatic rings. The Morgan fingerprint density at radius 2 is 2.00 bits per heavy atom. The zero-order chi connectivity index (χ0) is 19.9. The maximum Gasteiger partial charge on any atom is 0.230 e. The van der Waals surface area contributed by atoms with Crippen LogP contribution in [0.3, 0.4) is 0 Å². The molecule has 1 heterocycles. The van der Waals surface area contributed by atoms with E-state index < -0.39 is 0 Å². The van der Waals surface area contributed by atoms with Crippen molar-refractivity contribution in [2.45, 2.75) is 26.1 Å². The SMILES string of the molecule is COc1ccccc1CNC(=O)CSCc1nc(-c2cccc(C)c2)oc1C. The maximum absolute atomic E-state index is 12.1. The molecule has 0 spiro atoms. The van der Waals surface area contributed by atoms with Gasteiger partial charge in [0.15, 0.2) is 0 Å². The number of nitrogens with one attached hydrogen (secondary N) is 1. The first-order valence-electron chi connectivity index (χ1n) is 9.06. The van der Waals surface area contributed by atoms with Gasteiger partial charge in [-0.05, 0) is 32.0 Å². The summed E-state index contributed by atoms with van der Waals surface area (Å²) < 4.78 is 11.1. The normalized spacial score (nSPS) is 10.7. The lowest BCUT2D eigenvalue weighted by atomic mass is 10.1. The molecule has 0 fully saturated rings. The minimum absolute atomic E-state index is 0.0176. The Balaban J connectivity index is 1.50. The third-order valence-electron chi connectivity index (χ3n) is 4.30. The molecule has 0 aliphatic rings. The summed E-state index contributed by atoms with van der Waals surface area (Å²) in [6.07, 6.45) is 0. The second-order valence-corrected chi connectivity index (χ2v) is 7.46. The van der Waals surface area contributed by atoms with Crippen LogP contribution >= 0.6 is 11.8 Å². The van der Waals surface area contributed by atoms with E-state index >= 15 is 0 Å². The van der Waals surface area contributed by atoms with Gasteiger partial charge >= 0.3 is 0 Å². The third-order valence-corrected chi connectivity index (χ3v) is 5.24. The highest BCUT2D eigenvalue weighted by molar-refractivity contribution is 7.99. The van der Waals surface area contributed by atoms with Gasteiger partial charge in [0, 0.05) is 23.4 Å². The predicted molar refractivity (Wildman–Crippen MR) is 112 cm³/mol. The Labute approximate surface area is 169 Å². The van der Waals surface area contributed by atoms with Crippen LogP contribution in [0.1, 0.15) is 22.6 Å². The molecule has 1 amide bonds. The highest BCUT2D eigenvalue weighted by atomic mass is 32.2. The van der Waals surface area contributed by atoms with Gasteiger partial charge in [0.05, 0.1) is 18.6 Å². The number of amides is 1. The smallest absolute Gasteiger partial charge is 0.230 e. The van der Waals surface area contributed by atoms with Gasteiger partial charge in [0.25, 0.3) is 0 Å². The fourth-order valence-electron chi connectivity index (χ4n) is 2.80. The summed E-state index contributed by atoms with van der Waals surface area (Å²) in [4.78, 5) is 16.7. The van der Waals surface area contributed by atoms with Gasteiger partial charge in [-0.15, -0.1) is 11.8 Å². The van der Waals surface area contributed by atoms with E-state index in [4.69, 9.17) is 9.15 Å². The van der Waals surface area contributed by atoms with E-state index in [2.05, 4.69) is 10.3 Å². The van der Waals surface area contributed by atoms with Gasteiger partial charge in [0.2, 0.25) is 11.8 Å². The highest BCUT2D eigenvalue weighted by Gasteiger charge is 2.12. The Hall–Kier alpha value is -2.73. The molecule has 3 rings (SSSR count). The molecule has 146 valence electrons. The largest absolute Gasteiger partial charge is 0.496 e. The van der Waals surface area contributed by atoms with Crippen molar-refractivity contribution in [2.75, 3.05) is 12.9 Å². The van der Waals surface area contributed by atoms with E-state index in [0.717, 1.165) is 33.9 Å². The molecular weight excluding hydrogens is 372 g/mol. The summed E-state index contributed by atoms with van der Waals surface area (Å²) >= 11 is 1.52. The number of carbonyl (C=O) groups excluding carboxylic acids is 1. The van der Waals surface area contributed by atoms with Crippen molar-refractivity contribution in [2.24, 2.45) is 0 Å². The lowest BCUT2D eigenvalue weighted by Gasteiger charge is -2.09. The predicted octanol–water partition coefficient (Wildman–Crippen LogP) is 4.52. The van der Waals surface area contributed by atoms with E-state index in [0.29, 0.717) is 23.9 Å². The van der Waals surface area contributed by atoms with E-state index in [1.165, 1.54) is 11.8 Å². The summed E-state index contributed by atoms with van der Waals surface area (Å²) in [5.41, 5.74) is 3.96. The van der Waals surface area contributed by atoms with Crippen molar-refractivity contribution >= 4 is 17.7 Å². The van der Waals surface area contributed by atoms with Crippen molar-refractivity contribution in [1.29, 1.82) is 0 Å². The number of para-hydroxylation sites is 1. The van der Waals surface area contributed by atoms with Crippen molar-refractivity contribution < 1.29 is 13.9 Å².